The van der Waals surface area contributed by atoms with Crippen molar-refractivity contribution in [3.8, 4) is 0 Å². The van der Waals surface area contributed by atoms with Crippen molar-refractivity contribution in [1.29, 1.82) is 0 Å². The molecular weight excluding hydrogens is 318 g/mol. The average Bonchev–Trinajstić information content (AvgIpc) is 2.31. The predicted octanol–water partition coefficient (Wildman–Crippen LogP) is 1.99. The number of hydrogen-bond donors (Lipinski definition) is 1. The number of rotatable bonds is 6. The highest BCUT2D eigenvalue weighted by Crippen LogP contribution is 2.15. The van der Waals surface area contributed by atoms with Gasteiger partial charge in [0.15, 0.2) is 0 Å². The smallest absolute Gasteiger partial charge is 0.240 e. The van der Waals surface area contributed by atoms with E-state index in [1.54, 1.807) is 19.2 Å². The van der Waals surface area contributed by atoms with Gasteiger partial charge in [0.05, 0.1) is 17.5 Å². The Bertz CT molecular complexity index is 502. The summed E-state index contributed by atoms with van der Waals surface area (Å²) in [7, 11) is -1.95. The lowest BCUT2D eigenvalue weighted by atomic mass is 10.1. The van der Waals surface area contributed by atoms with Crippen molar-refractivity contribution in [3.05, 3.63) is 29.3 Å². The number of aryl methyl sites for hydroxylation is 2. The zero-order chi connectivity index (χ0) is 13.8. The molecule has 0 radical (unpaired) electrons. The molecule has 0 amide bonds. The molecule has 0 fully saturated rings. The first-order valence-electron chi connectivity index (χ1n) is 5.55. The minimum atomic E-state index is -3.49. The highest BCUT2D eigenvalue weighted by Gasteiger charge is 2.19. The van der Waals surface area contributed by atoms with E-state index in [9.17, 15) is 8.42 Å². The number of ether oxygens (including phenoxy) is 1. The van der Waals surface area contributed by atoms with Crippen molar-refractivity contribution < 1.29 is 13.2 Å². The fraction of sp³-hybridized carbons (Fsp3) is 0.500. The molecule has 4 nitrogen and oxygen atoms in total. The van der Waals surface area contributed by atoms with Crippen molar-refractivity contribution in [1.82, 2.24) is 4.72 Å². The summed E-state index contributed by atoms with van der Waals surface area (Å²) >= 11 is 3.26. The highest BCUT2D eigenvalue weighted by molar-refractivity contribution is 9.09. The molecule has 1 aromatic rings. The zero-order valence-electron chi connectivity index (χ0n) is 10.7. The molecule has 0 aliphatic rings. The summed E-state index contributed by atoms with van der Waals surface area (Å²) in [5, 5.41) is 0.505. The van der Waals surface area contributed by atoms with Crippen molar-refractivity contribution in [2.24, 2.45) is 0 Å². The van der Waals surface area contributed by atoms with E-state index in [0.717, 1.165) is 11.1 Å². The molecule has 18 heavy (non-hydrogen) atoms. The molecule has 102 valence electrons. The van der Waals surface area contributed by atoms with Crippen molar-refractivity contribution in [2.75, 3.05) is 19.0 Å². The Labute approximate surface area is 117 Å². The van der Waals surface area contributed by atoms with Crippen LogP contribution in [0.1, 0.15) is 11.1 Å². The van der Waals surface area contributed by atoms with E-state index in [4.69, 9.17) is 4.74 Å². The van der Waals surface area contributed by atoms with E-state index in [1.807, 2.05) is 19.9 Å². The van der Waals surface area contributed by atoms with Gasteiger partial charge in [0.25, 0.3) is 0 Å². The largest absolute Gasteiger partial charge is 0.383 e. The Morgan fingerprint density at radius 3 is 2.50 bits per heavy atom. The van der Waals surface area contributed by atoms with E-state index < -0.39 is 10.0 Å². The summed E-state index contributed by atoms with van der Waals surface area (Å²) in [5.74, 6) is 0. The van der Waals surface area contributed by atoms with Crippen LogP contribution in [0.25, 0.3) is 0 Å². The van der Waals surface area contributed by atoms with Crippen LogP contribution < -0.4 is 4.72 Å². The maximum absolute atomic E-state index is 12.2. The molecule has 1 atom stereocenters. The fourth-order valence-corrected chi connectivity index (χ4v) is 3.35. The Morgan fingerprint density at radius 1 is 1.33 bits per heavy atom. The second kappa shape index (κ2) is 6.65. The van der Waals surface area contributed by atoms with Crippen LogP contribution in [0, 0.1) is 13.8 Å². The van der Waals surface area contributed by atoms with Crippen molar-refractivity contribution in [3.63, 3.8) is 0 Å². The molecule has 0 heterocycles. The molecule has 1 rings (SSSR count). The number of benzene rings is 1. The third-order valence-corrected chi connectivity index (χ3v) is 4.96. The quantitative estimate of drug-likeness (QED) is 0.809. The van der Waals surface area contributed by atoms with Crippen LogP contribution in [0.15, 0.2) is 23.1 Å². The molecule has 1 N–H and O–H groups in total. The second-order valence-electron chi connectivity index (χ2n) is 4.17. The number of halogens is 1. The molecule has 1 unspecified atom stereocenters. The molecule has 1 aromatic carbocycles. The van der Waals surface area contributed by atoms with Gasteiger partial charge in [0, 0.05) is 12.4 Å². The summed E-state index contributed by atoms with van der Waals surface area (Å²) in [5.41, 5.74) is 2.03. The zero-order valence-corrected chi connectivity index (χ0v) is 13.1. The van der Waals surface area contributed by atoms with E-state index in [-0.39, 0.29) is 10.9 Å². The summed E-state index contributed by atoms with van der Waals surface area (Å²) in [6, 6.07) is 4.82. The summed E-state index contributed by atoms with van der Waals surface area (Å²) in [6.07, 6.45) is 0. The summed E-state index contributed by atoms with van der Waals surface area (Å²) in [4.78, 5) is 0.285. The highest BCUT2D eigenvalue weighted by atomic mass is 79.9. The first-order valence-corrected chi connectivity index (χ1v) is 8.15. The normalized spacial score (nSPS) is 13.6. The van der Waals surface area contributed by atoms with Crippen molar-refractivity contribution in [2.45, 2.75) is 24.8 Å². The lowest BCUT2D eigenvalue weighted by Crippen LogP contribution is -2.39. The van der Waals surface area contributed by atoms with Crippen LogP contribution in [0.5, 0.6) is 0 Å². The number of methoxy groups -OCH3 is 1. The van der Waals surface area contributed by atoms with Gasteiger partial charge < -0.3 is 4.74 Å². The first kappa shape index (κ1) is 15.6. The molecule has 6 heteroatoms. The lowest BCUT2D eigenvalue weighted by molar-refractivity contribution is 0.182. The molecule has 0 saturated heterocycles. The average molecular weight is 336 g/mol. The second-order valence-corrected chi connectivity index (χ2v) is 6.54. The fourth-order valence-electron chi connectivity index (χ4n) is 1.48. The topological polar surface area (TPSA) is 55.4 Å². The third-order valence-electron chi connectivity index (χ3n) is 2.66. The van der Waals surface area contributed by atoms with Crippen LogP contribution in [-0.4, -0.2) is 33.5 Å². The number of alkyl halides is 1. The summed E-state index contributed by atoms with van der Waals surface area (Å²) < 4.78 is 31.9. The van der Waals surface area contributed by atoms with Crippen LogP contribution in [0.2, 0.25) is 0 Å². The van der Waals surface area contributed by atoms with E-state index in [0.29, 0.717) is 11.9 Å². The third kappa shape index (κ3) is 4.05. The Balaban J connectivity index is 2.95. The standard InChI is InChI=1S/C12H18BrNO3S/c1-9-4-5-12(6-10(9)2)18(15,16)14-11(7-13)8-17-3/h4-6,11,14H,7-8H2,1-3H3. The maximum Gasteiger partial charge on any atom is 0.240 e. The Hall–Kier alpha value is -0.430. The molecule has 0 aliphatic heterocycles. The number of hydrogen-bond acceptors (Lipinski definition) is 3. The Kier molecular flexibility index (Phi) is 5.78. The molecule has 0 bridgehead atoms. The molecule has 0 spiro atoms. The van der Waals surface area contributed by atoms with Crippen LogP contribution in [-0.2, 0) is 14.8 Å². The number of nitrogens with one attached hydrogen (secondary N) is 1. The van der Waals surface area contributed by atoms with E-state index in [1.165, 1.54) is 0 Å². The van der Waals surface area contributed by atoms with Crippen LogP contribution >= 0.6 is 15.9 Å². The molecular formula is C12H18BrNO3S. The molecule has 0 aliphatic carbocycles. The molecule has 0 aromatic heterocycles. The predicted molar refractivity (Wildman–Crippen MR) is 75.7 cm³/mol. The van der Waals surface area contributed by atoms with Crippen molar-refractivity contribution >= 4 is 26.0 Å². The SMILES string of the molecule is COCC(CBr)NS(=O)(=O)c1ccc(C)c(C)c1. The Morgan fingerprint density at radius 2 is 2.00 bits per heavy atom. The van der Waals surface area contributed by atoms with Gasteiger partial charge in [-0.2, -0.15) is 0 Å². The first-order chi connectivity index (χ1) is 8.40. The van der Waals surface area contributed by atoms with Gasteiger partial charge in [-0.05, 0) is 37.1 Å². The van der Waals surface area contributed by atoms with Crippen LogP contribution in [0.4, 0.5) is 0 Å². The van der Waals surface area contributed by atoms with Gasteiger partial charge in [0.1, 0.15) is 0 Å². The van der Waals surface area contributed by atoms with E-state index >= 15 is 0 Å². The summed E-state index contributed by atoms with van der Waals surface area (Å²) in [6.45, 7) is 4.17. The van der Waals surface area contributed by atoms with Crippen LogP contribution in [0.3, 0.4) is 0 Å². The molecule has 0 saturated carbocycles. The lowest BCUT2D eigenvalue weighted by Gasteiger charge is -2.16. The number of sulfonamides is 1. The van der Waals surface area contributed by atoms with Gasteiger partial charge in [-0.25, -0.2) is 13.1 Å². The van der Waals surface area contributed by atoms with E-state index in [2.05, 4.69) is 20.7 Å². The minimum Gasteiger partial charge on any atom is -0.383 e. The monoisotopic (exact) mass is 335 g/mol. The van der Waals surface area contributed by atoms with Gasteiger partial charge in [-0.3, -0.25) is 0 Å². The maximum atomic E-state index is 12.2. The van der Waals surface area contributed by atoms with Gasteiger partial charge in [-0.15, -0.1) is 0 Å². The van der Waals surface area contributed by atoms with Gasteiger partial charge in [0.2, 0.25) is 10.0 Å². The van der Waals surface area contributed by atoms with Gasteiger partial charge in [-0.1, -0.05) is 22.0 Å². The minimum absolute atomic E-state index is 0.276. The van der Waals surface area contributed by atoms with Gasteiger partial charge >= 0.3 is 0 Å².